The molecule has 100 valence electrons. The second kappa shape index (κ2) is 9.12. The van der Waals surface area contributed by atoms with Crippen molar-refractivity contribution in [2.75, 3.05) is 33.8 Å². The van der Waals surface area contributed by atoms with Crippen LogP contribution in [0.4, 0.5) is 0 Å². The fourth-order valence-corrected chi connectivity index (χ4v) is 1.16. The Morgan fingerprint density at radius 1 is 1.12 bits per heavy atom. The van der Waals surface area contributed by atoms with Crippen LogP contribution in [0.2, 0.25) is 0 Å². The molecule has 0 unspecified atom stereocenters. The molecule has 0 saturated heterocycles. The molecule has 6 heteroatoms. The Hall–Kier alpha value is -0.950. The van der Waals surface area contributed by atoms with Crippen molar-refractivity contribution in [1.29, 1.82) is 0 Å². The molecule has 0 aromatic carbocycles. The van der Waals surface area contributed by atoms with E-state index in [0.29, 0.717) is 0 Å². The molecular formula is C11H22NO4S+. The first kappa shape index (κ1) is 18.4. The minimum atomic E-state index is -4.16. The lowest BCUT2D eigenvalue weighted by Gasteiger charge is -2.30. The van der Waals surface area contributed by atoms with E-state index < -0.39 is 10.4 Å². The Bertz CT molecular complexity index is 309. The Balaban J connectivity index is 0. The van der Waals surface area contributed by atoms with Gasteiger partial charge in [0.15, 0.2) is 0 Å². The van der Waals surface area contributed by atoms with Gasteiger partial charge < -0.3 is 4.48 Å². The molecule has 0 aliphatic carbocycles. The van der Waals surface area contributed by atoms with Crippen molar-refractivity contribution < 1.29 is 21.6 Å². The summed E-state index contributed by atoms with van der Waals surface area (Å²) in [6.45, 7) is 14.1. The van der Waals surface area contributed by atoms with Crippen molar-refractivity contribution in [3.63, 3.8) is 0 Å². The van der Waals surface area contributed by atoms with Gasteiger partial charge in [0.25, 0.3) is 0 Å². The third-order valence-corrected chi connectivity index (χ3v) is 2.34. The Kier molecular flexibility index (Phi) is 9.88. The number of hydrogen-bond acceptors (Lipinski definition) is 3. The molecule has 0 atom stereocenters. The van der Waals surface area contributed by atoms with E-state index in [4.69, 9.17) is 4.55 Å². The van der Waals surface area contributed by atoms with E-state index in [0.717, 1.165) is 31.2 Å². The Morgan fingerprint density at radius 3 is 1.47 bits per heavy atom. The van der Waals surface area contributed by atoms with Gasteiger partial charge in [0, 0.05) is 0 Å². The molecule has 5 nitrogen and oxygen atoms in total. The minimum absolute atomic E-state index is 0.870. The standard InChI is InChI=1S/C10H18N.CH4O4S/c1-5-8-11(4,9-6-2)10-7-3;1-5-6(2,3)4/h5-7H,1-3,8-10H2,4H3;1H3,(H,2,3,4)/q+1;. The molecule has 0 aliphatic heterocycles. The maximum atomic E-state index is 9.33. The first-order valence-electron chi connectivity index (χ1n) is 4.94. The number of quaternary nitrogens is 1. The SMILES string of the molecule is C=CC[N+](C)(CC=C)CC=C.COS(=O)(=O)O. The van der Waals surface area contributed by atoms with Gasteiger partial charge in [0.1, 0.15) is 0 Å². The molecule has 0 rings (SSSR count). The van der Waals surface area contributed by atoms with E-state index in [2.05, 4.69) is 31.0 Å². The molecule has 17 heavy (non-hydrogen) atoms. The van der Waals surface area contributed by atoms with Crippen LogP contribution >= 0.6 is 0 Å². The second-order valence-corrected chi connectivity index (χ2v) is 4.82. The topological polar surface area (TPSA) is 63.6 Å². The highest BCUT2D eigenvalue weighted by molar-refractivity contribution is 7.80. The van der Waals surface area contributed by atoms with E-state index in [1.165, 1.54) is 0 Å². The van der Waals surface area contributed by atoms with Crippen molar-refractivity contribution in [3.8, 4) is 0 Å². The lowest BCUT2D eigenvalue weighted by Crippen LogP contribution is -2.44. The summed E-state index contributed by atoms with van der Waals surface area (Å²) in [5.74, 6) is 0. The molecule has 0 fully saturated rings. The van der Waals surface area contributed by atoms with Gasteiger partial charge in [-0.05, 0) is 18.2 Å². The van der Waals surface area contributed by atoms with Crippen LogP contribution in [0.3, 0.4) is 0 Å². The molecule has 0 aromatic heterocycles. The molecule has 0 saturated carbocycles. The van der Waals surface area contributed by atoms with Crippen molar-refractivity contribution in [2.24, 2.45) is 0 Å². The molecule has 0 radical (unpaired) electrons. The zero-order valence-electron chi connectivity index (χ0n) is 10.5. The lowest BCUT2D eigenvalue weighted by atomic mass is 10.3. The molecular weight excluding hydrogens is 242 g/mol. The lowest BCUT2D eigenvalue weighted by molar-refractivity contribution is -0.892. The molecule has 0 bridgehead atoms. The summed E-state index contributed by atoms with van der Waals surface area (Å²) in [5, 5.41) is 0. The number of nitrogens with zero attached hydrogens (tertiary/aromatic N) is 1. The summed E-state index contributed by atoms with van der Waals surface area (Å²) < 4.78 is 30.6. The highest BCUT2D eigenvalue weighted by Gasteiger charge is 2.14. The molecule has 0 heterocycles. The maximum absolute atomic E-state index is 9.33. The summed E-state index contributed by atoms with van der Waals surface area (Å²) >= 11 is 0. The van der Waals surface area contributed by atoms with Gasteiger partial charge in [-0.25, -0.2) is 0 Å². The minimum Gasteiger partial charge on any atom is -0.316 e. The third kappa shape index (κ3) is 13.0. The molecule has 0 amide bonds. The predicted octanol–water partition coefficient (Wildman–Crippen LogP) is 1.43. The van der Waals surface area contributed by atoms with Gasteiger partial charge in [0.05, 0.1) is 33.8 Å². The maximum Gasteiger partial charge on any atom is 0.397 e. The van der Waals surface area contributed by atoms with Gasteiger partial charge in [-0.2, -0.15) is 8.42 Å². The van der Waals surface area contributed by atoms with Gasteiger partial charge in [-0.15, -0.1) is 0 Å². The fraction of sp³-hybridized carbons (Fsp3) is 0.455. The monoisotopic (exact) mass is 264 g/mol. The first-order valence-corrected chi connectivity index (χ1v) is 6.30. The second-order valence-electron chi connectivity index (χ2n) is 3.63. The van der Waals surface area contributed by atoms with Crippen molar-refractivity contribution in [2.45, 2.75) is 0 Å². The van der Waals surface area contributed by atoms with Gasteiger partial charge in [0.2, 0.25) is 0 Å². The van der Waals surface area contributed by atoms with Crippen molar-refractivity contribution >= 4 is 10.4 Å². The van der Waals surface area contributed by atoms with Crippen LogP contribution in [0.25, 0.3) is 0 Å². The van der Waals surface area contributed by atoms with Crippen LogP contribution in [0.5, 0.6) is 0 Å². The third-order valence-electron chi connectivity index (χ3n) is 1.92. The summed E-state index contributed by atoms with van der Waals surface area (Å²) in [4.78, 5) is 0. The summed E-state index contributed by atoms with van der Waals surface area (Å²) in [6.07, 6.45) is 5.81. The average Bonchev–Trinajstić information content (AvgIpc) is 2.18. The van der Waals surface area contributed by atoms with Crippen LogP contribution in [-0.4, -0.2) is 51.2 Å². The highest BCUT2D eigenvalue weighted by atomic mass is 32.3. The largest absolute Gasteiger partial charge is 0.397 e. The quantitative estimate of drug-likeness (QED) is 0.429. The van der Waals surface area contributed by atoms with Gasteiger partial charge in [-0.3, -0.25) is 8.74 Å². The van der Waals surface area contributed by atoms with Crippen LogP contribution in [0.15, 0.2) is 38.0 Å². The zero-order chi connectivity index (χ0) is 13.9. The predicted molar refractivity (Wildman–Crippen MR) is 69.9 cm³/mol. The number of hydrogen-bond donors (Lipinski definition) is 1. The van der Waals surface area contributed by atoms with Gasteiger partial charge in [-0.1, -0.05) is 19.7 Å². The average molecular weight is 264 g/mol. The molecule has 0 aromatic rings. The van der Waals surface area contributed by atoms with Crippen molar-refractivity contribution in [1.82, 2.24) is 0 Å². The van der Waals surface area contributed by atoms with E-state index in [1.54, 1.807) is 0 Å². The van der Waals surface area contributed by atoms with E-state index in [1.807, 2.05) is 18.2 Å². The smallest absolute Gasteiger partial charge is 0.316 e. The summed E-state index contributed by atoms with van der Waals surface area (Å²) in [7, 11) is -1.12. The van der Waals surface area contributed by atoms with Crippen LogP contribution in [-0.2, 0) is 14.6 Å². The molecule has 1 N–H and O–H groups in total. The summed E-state index contributed by atoms with van der Waals surface area (Å²) in [6, 6.07) is 0. The molecule has 0 spiro atoms. The first-order chi connectivity index (χ1) is 7.74. The highest BCUT2D eigenvalue weighted by Crippen LogP contribution is 2.01. The van der Waals surface area contributed by atoms with Crippen molar-refractivity contribution in [3.05, 3.63) is 38.0 Å². The van der Waals surface area contributed by atoms with E-state index in [-0.39, 0.29) is 0 Å². The van der Waals surface area contributed by atoms with Crippen LogP contribution in [0.1, 0.15) is 0 Å². The van der Waals surface area contributed by atoms with Crippen LogP contribution < -0.4 is 0 Å². The normalized spacial score (nSPS) is 11.0. The molecule has 0 aliphatic rings. The Morgan fingerprint density at radius 2 is 1.35 bits per heavy atom. The van der Waals surface area contributed by atoms with E-state index >= 15 is 0 Å². The summed E-state index contributed by atoms with van der Waals surface area (Å²) in [5.41, 5.74) is 0. The fourth-order valence-electron chi connectivity index (χ4n) is 1.16. The van der Waals surface area contributed by atoms with Crippen LogP contribution in [0, 0.1) is 0 Å². The Labute approximate surface area is 104 Å². The number of rotatable bonds is 7. The number of likely N-dealkylation sites (N-methyl/N-ethyl adjacent to an activating group) is 1. The van der Waals surface area contributed by atoms with Gasteiger partial charge >= 0.3 is 10.4 Å². The zero-order valence-corrected chi connectivity index (χ0v) is 11.3. The van der Waals surface area contributed by atoms with E-state index in [9.17, 15) is 8.42 Å².